The summed E-state index contributed by atoms with van der Waals surface area (Å²) >= 11 is 24.7. The van der Waals surface area contributed by atoms with Crippen LogP contribution in [0, 0.1) is 22.7 Å². The Balaban J connectivity index is 2.15. The van der Waals surface area contributed by atoms with E-state index in [1.54, 1.807) is 36.4 Å². The molecule has 0 saturated carbocycles. The Morgan fingerprint density at radius 1 is 0.607 bits per heavy atom. The Hall–Kier alpha value is -2.60. The van der Waals surface area contributed by atoms with E-state index >= 15 is 0 Å². The molecule has 0 aliphatic heterocycles. The van der Waals surface area contributed by atoms with Crippen molar-refractivity contribution in [2.24, 2.45) is 0 Å². The van der Waals surface area contributed by atoms with Gasteiger partial charge < -0.3 is 9.47 Å². The van der Waals surface area contributed by atoms with Gasteiger partial charge in [0.25, 0.3) is 0 Å². The average molecular weight is 450 g/mol. The van der Waals surface area contributed by atoms with Gasteiger partial charge in [0, 0.05) is 12.1 Å². The highest BCUT2D eigenvalue weighted by molar-refractivity contribution is 6.37. The van der Waals surface area contributed by atoms with Crippen LogP contribution in [0.1, 0.15) is 11.1 Å². The van der Waals surface area contributed by atoms with Gasteiger partial charge in [-0.2, -0.15) is 10.5 Å². The third-order valence-corrected chi connectivity index (χ3v) is 4.78. The first-order chi connectivity index (χ1) is 13.4. The molecule has 0 saturated heterocycles. The first kappa shape index (κ1) is 20.1. The van der Waals surface area contributed by atoms with Crippen LogP contribution in [0.2, 0.25) is 20.1 Å². The molecule has 0 aliphatic rings. The Morgan fingerprint density at radius 3 is 1.21 bits per heavy atom. The molecular weight excluding hydrogens is 442 g/mol. The molecule has 0 unspecified atom stereocenters. The lowest BCUT2D eigenvalue weighted by Gasteiger charge is -2.16. The summed E-state index contributed by atoms with van der Waals surface area (Å²) in [6, 6.07) is 16.3. The summed E-state index contributed by atoms with van der Waals surface area (Å²) in [7, 11) is 0. The number of hydrogen-bond donors (Lipinski definition) is 0. The first-order valence-electron chi connectivity index (χ1n) is 7.66. The quantitative estimate of drug-likeness (QED) is 0.410. The van der Waals surface area contributed by atoms with Crippen LogP contribution < -0.4 is 9.47 Å². The van der Waals surface area contributed by atoms with Crippen molar-refractivity contribution in [3.8, 4) is 35.1 Å². The van der Waals surface area contributed by atoms with Gasteiger partial charge in [0.05, 0.1) is 31.2 Å². The van der Waals surface area contributed by atoms with Gasteiger partial charge >= 0.3 is 0 Å². The van der Waals surface area contributed by atoms with Gasteiger partial charge in [0.1, 0.15) is 12.1 Å². The van der Waals surface area contributed by atoms with E-state index in [0.29, 0.717) is 0 Å². The molecule has 3 aromatic carbocycles. The van der Waals surface area contributed by atoms with Crippen molar-refractivity contribution < 1.29 is 9.47 Å². The number of nitrogens with zero attached hydrogens (tertiary/aromatic N) is 2. The lowest BCUT2D eigenvalue weighted by atomic mass is 10.1. The average Bonchev–Trinajstić information content (AvgIpc) is 2.68. The molecule has 0 atom stereocenters. The standard InChI is InChI=1S/C20H8Cl4N2O2/c21-13-3-1-4-14(22)19(13)27-17-7-11(9-25)12(10-26)8-18(17)28-20-15(23)5-2-6-16(20)24/h1-8H. The Bertz CT molecular complexity index is 1020. The number of halogens is 4. The lowest BCUT2D eigenvalue weighted by Crippen LogP contribution is -1.96. The van der Waals surface area contributed by atoms with E-state index < -0.39 is 0 Å². The van der Waals surface area contributed by atoms with Crippen molar-refractivity contribution in [1.29, 1.82) is 10.5 Å². The molecule has 8 heteroatoms. The topological polar surface area (TPSA) is 66.0 Å². The second-order valence-corrected chi connectivity index (χ2v) is 7.00. The molecule has 138 valence electrons. The highest BCUT2D eigenvalue weighted by Crippen LogP contribution is 2.44. The van der Waals surface area contributed by atoms with Gasteiger partial charge in [-0.05, 0) is 24.3 Å². The molecule has 0 N–H and O–H groups in total. The van der Waals surface area contributed by atoms with Gasteiger partial charge in [-0.15, -0.1) is 0 Å². The molecule has 0 aromatic heterocycles. The number of nitriles is 2. The SMILES string of the molecule is N#Cc1cc(Oc2c(Cl)cccc2Cl)c(Oc2c(Cl)cccc2Cl)cc1C#N. The number of hydrogen-bond acceptors (Lipinski definition) is 4. The van der Waals surface area contributed by atoms with Crippen molar-refractivity contribution in [3.63, 3.8) is 0 Å². The highest BCUT2D eigenvalue weighted by atomic mass is 35.5. The Labute approximate surface area is 181 Å². The number of ether oxygens (including phenoxy) is 2. The maximum atomic E-state index is 9.33. The molecule has 0 fully saturated rings. The lowest BCUT2D eigenvalue weighted by molar-refractivity contribution is 0.419. The van der Waals surface area contributed by atoms with Crippen molar-refractivity contribution in [2.45, 2.75) is 0 Å². The third kappa shape index (κ3) is 4.12. The molecule has 0 heterocycles. The predicted molar refractivity (Wildman–Crippen MR) is 109 cm³/mol. The number of rotatable bonds is 4. The number of para-hydroxylation sites is 2. The zero-order valence-electron chi connectivity index (χ0n) is 13.8. The normalized spacial score (nSPS) is 10.1. The van der Waals surface area contributed by atoms with Gasteiger partial charge in [-0.3, -0.25) is 0 Å². The Morgan fingerprint density at radius 2 is 0.929 bits per heavy atom. The van der Waals surface area contributed by atoms with Crippen LogP contribution >= 0.6 is 46.4 Å². The fraction of sp³-hybridized carbons (Fsp3) is 0. The summed E-state index contributed by atoms with van der Waals surface area (Å²) in [4.78, 5) is 0. The Kier molecular flexibility index (Phi) is 6.19. The van der Waals surface area contributed by atoms with Crippen molar-refractivity contribution in [1.82, 2.24) is 0 Å². The molecule has 0 amide bonds. The summed E-state index contributed by atoms with van der Waals surface area (Å²) in [6.45, 7) is 0. The summed E-state index contributed by atoms with van der Waals surface area (Å²) < 4.78 is 11.7. The second kappa shape index (κ2) is 8.61. The van der Waals surface area contributed by atoms with Gasteiger partial charge in [-0.1, -0.05) is 58.5 Å². The van der Waals surface area contributed by atoms with Gasteiger partial charge in [0.15, 0.2) is 23.0 Å². The fourth-order valence-corrected chi connectivity index (χ4v) is 3.23. The summed E-state index contributed by atoms with van der Waals surface area (Å²) in [5.41, 5.74) is 0.191. The van der Waals surface area contributed by atoms with E-state index in [1.165, 1.54) is 12.1 Å². The van der Waals surface area contributed by atoms with E-state index in [1.807, 2.05) is 12.1 Å². The predicted octanol–water partition coefficient (Wildman–Crippen LogP) is 7.63. The maximum Gasteiger partial charge on any atom is 0.171 e. The summed E-state index contributed by atoms with van der Waals surface area (Å²) in [5.74, 6) is 0.576. The molecule has 28 heavy (non-hydrogen) atoms. The molecule has 3 aromatic rings. The van der Waals surface area contributed by atoms with Crippen LogP contribution in [0.25, 0.3) is 0 Å². The molecule has 0 radical (unpaired) electrons. The first-order valence-corrected chi connectivity index (χ1v) is 9.17. The minimum Gasteiger partial charge on any atom is -0.450 e. The van der Waals surface area contributed by atoms with Crippen LogP contribution in [0.3, 0.4) is 0 Å². The van der Waals surface area contributed by atoms with Crippen LogP contribution in [-0.4, -0.2) is 0 Å². The van der Waals surface area contributed by atoms with Crippen LogP contribution in [0.15, 0.2) is 48.5 Å². The second-order valence-electron chi connectivity index (χ2n) is 5.37. The van der Waals surface area contributed by atoms with Gasteiger partial charge in [-0.25, -0.2) is 0 Å². The largest absolute Gasteiger partial charge is 0.450 e. The minimum absolute atomic E-state index is 0.0956. The van der Waals surface area contributed by atoms with E-state index in [2.05, 4.69) is 0 Å². The fourth-order valence-electron chi connectivity index (χ4n) is 2.28. The van der Waals surface area contributed by atoms with E-state index in [4.69, 9.17) is 55.9 Å². The van der Waals surface area contributed by atoms with Crippen molar-refractivity contribution in [3.05, 3.63) is 79.7 Å². The van der Waals surface area contributed by atoms with Crippen molar-refractivity contribution >= 4 is 46.4 Å². The number of benzene rings is 3. The summed E-state index contributed by atoms with van der Waals surface area (Å²) in [5, 5.41) is 19.7. The minimum atomic E-state index is 0.0956. The van der Waals surface area contributed by atoms with Crippen LogP contribution in [0.4, 0.5) is 0 Å². The monoisotopic (exact) mass is 448 g/mol. The van der Waals surface area contributed by atoms with Gasteiger partial charge in [0.2, 0.25) is 0 Å². The molecule has 0 spiro atoms. The maximum absolute atomic E-state index is 9.33. The smallest absolute Gasteiger partial charge is 0.171 e. The zero-order valence-corrected chi connectivity index (χ0v) is 16.9. The molecule has 0 aliphatic carbocycles. The summed E-state index contributed by atoms with van der Waals surface area (Å²) in [6.07, 6.45) is 0. The van der Waals surface area contributed by atoms with E-state index in [-0.39, 0.29) is 54.2 Å². The zero-order chi connectivity index (χ0) is 20.3. The molecular formula is C20H8Cl4N2O2. The third-order valence-electron chi connectivity index (χ3n) is 3.59. The van der Waals surface area contributed by atoms with Crippen LogP contribution in [-0.2, 0) is 0 Å². The van der Waals surface area contributed by atoms with Crippen LogP contribution in [0.5, 0.6) is 23.0 Å². The highest BCUT2D eigenvalue weighted by Gasteiger charge is 2.18. The van der Waals surface area contributed by atoms with Crippen molar-refractivity contribution in [2.75, 3.05) is 0 Å². The molecule has 0 bridgehead atoms. The molecule has 4 nitrogen and oxygen atoms in total. The van der Waals surface area contributed by atoms with E-state index in [0.717, 1.165) is 0 Å². The van der Waals surface area contributed by atoms with E-state index in [9.17, 15) is 10.5 Å². The molecule has 3 rings (SSSR count).